The van der Waals surface area contributed by atoms with Gasteiger partial charge in [0.15, 0.2) is 6.04 Å². The van der Waals surface area contributed by atoms with E-state index >= 15 is 13.2 Å². The summed E-state index contributed by atoms with van der Waals surface area (Å²) in [7, 11) is 3.32. The smallest absolute Gasteiger partial charge is 0.332 e. The maximum absolute atomic E-state index is 16.3. The van der Waals surface area contributed by atoms with Gasteiger partial charge in [-0.2, -0.15) is 0 Å². The van der Waals surface area contributed by atoms with Crippen LogP contribution in [0.15, 0.2) is 52.1 Å². The van der Waals surface area contributed by atoms with Crippen molar-refractivity contribution < 1.29 is 23.1 Å². The number of dihydropyridines is 1. The molecule has 1 aliphatic heterocycles. The molecule has 0 aromatic heterocycles. The Kier molecular flexibility index (Phi) is 16.7. The molecule has 266 valence electrons. The number of likely N-dealkylation sites (N-methyl/N-ethyl adjacent to an activating group) is 1. The van der Waals surface area contributed by atoms with Crippen LogP contribution in [0.25, 0.3) is 0 Å². The molecule has 0 saturated heterocycles. The molecule has 0 spiro atoms. The van der Waals surface area contributed by atoms with Crippen molar-refractivity contribution in [3.63, 3.8) is 0 Å². The lowest BCUT2D eigenvalue weighted by Gasteiger charge is -2.49. The molecule has 1 aliphatic carbocycles. The third kappa shape index (κ3) is 10.0. The zero-order valence-electron chi connectivity index (χ0n) is 30.7. The first-order valence-electron chi connectivity index (χ1n) is 16.5. The number of nitrogens with zero attached hydrogens (tertiary/aromatic N) is 2. The first-order valence-corrected chi connectivity index (χ1v) is 16.5. The maximum atomic E-state index is 16.3. The summed E-state index contributed by atoms with van der Waals surface area (Å²) in [5.41, 5.74) is 3.54. The summed E-state index contributed by atoms with van der Waals surface area (Å²) in [5, 5.41) is 18.8. The van der Waals surface area contributed by atoms with Crippen LogP contribution in [0.5, 0.6) is 0 Å². The molecule has 0 radical (unpaired) electrons. The quantitative estimate of drug-likeness (QED) is 0.0724. The zero-order valence-corrected chi connectivity index (χ0v) is 30.7. The number of aliphatic imine (C=N–C) groups is 1. The van der Waals surface area contributed by atoms with E-state index in [-0.39, 0.29) is 28.5 Å². The average Bonchev–Trinajstić information content (AvgIpc) is 2.98. The molecular weight excluding hydrogens is 593 g/mol. The second kappa shape index (κ2) is 17.8. The van der Waals surface area contributed by atoms with Crippen molar-refractivity contribution in [2.75, 3.05) is 20.6 Å². The maximum Gasteiger partial charge on any atom is 0.332 e. The molecule has 0 aromatic carbocycles. The van der Waals surface area contributed by atoms with Gasteiger partial charge in [0, 0.05) is 62.1 Å². The number of rotatable bonds is 15. The van der Waals surface area contributed by atoms with Crippen molar-refractivity contribution in [2.24, 2.45) is 21.6 Å². The van der Waals surface area contributed by atoms with Crippen molar-refractivity contribution >= 4 is 12.2 Å². The minimum absolute atomic E-state index is 0.0387. The fourth-order valence-corrected chi connectivity index (χ4v) is 5.72. The Hall–Kier alpha value is -2.95. The predicted octanol–water partition coefficient (Wildman–Crippen LogP) is 7.13. The fraction of sp³-hybridized carbons (Fsp3) is 0.714. The second-order valence-corrected chi connectivity index (χ2v) is 12.6. The molecule has 1 heterocycles. The highest BCUT2D eigenvalue weighted by molar-refractivity contribution is 5.85. The molecule has 0 aromatic rings. The van der Waals surface area contributed by atoms with Crippen LogP contribution < -0.4 is 21.7 Å². The van der Waals surface area contributed by atoms with E-state index in [2.05, 4.69) is 34.4 Å². The highest BCUT2D eigenvalue weighted by atomic mass is 19.3. The highest BCUT2D eigenvalue weighted by Crippen LogP contribution is 2.49. The Morgan fingerprint density at radius 2 is 1.76 bits per heavy atom. The summed E-state index contributed by atoms with van der Waals surface area (Å²) in [5.74, 6) is -4.82. The van der Waals surface area contributed by atoms with Gasteiger partial charge < -0.3 is 26.4 Å². The molecule has 11 heteroatoms. The summed E-state index contributed by atoms with van der Waals surface area (Å²) >= 11 is 0. The monoisotopic (exact) mass is 656 g/mol. The Balaban J connectivity index is 0.00000486. The molecule has 2 rings (SSSR count). The van der Waals surface area contributed by atoms with Gasteiger partial charge in [0.2, 0.25) is 0 Å². The number of carboxylic acids is 1. The molecule has 4 unspecified atom stereocenters. The summed E-state index contributed by atoms with van der Waals surface area (Å²) in [6.45, 7) is 23.2. The van der Waals surface area contributed by atoms with Gasteiger partial charge in [-0.1, -0.05) is 47.6 Å². The lowest BCUT2D eigenvalue weighted by Crippen LogP contribution is -2.63. The van der Waals surface area contributed by atoms with Crippen molar-refractivity contribution in [3.05, 3.63) is 47.1 Å². The Labute approximate surface area is 276 Å². The third-order valence-corrected chi connectivity index (χ3v) is 9.44. The van der Waals surface area contributed by atoms with E-state index in [0.29, 0.717) is 18.3 Å². The molecule has 8 nitrogen and oxygen atoms in total. The van der Waals surface area contributed by atoms with Gasteiger partial charge in [0.05, 0.1) is 11.6 Å². The van der Waals surface area contributed by atoms with E-state index in [1.165, 1.54) is 59.4 Å². The third-order valence-electron chi connectivity index (χ3n) is 9.44. The van der Waals surface area contributed by atoms with Gasteiger partial charge >= 0.3 is 5.97 Å². The number of hydrogen-bond donors (Lipinski definition) is 5. The van der Waals surface area contributed by atoms with E-state index < -0.39 is 35.1 Å². The minimum Gasteiger partial charge on any atom is -0.479 e. The van der Waals surface area contributed by atoms with Crippen molar-refractivity contribution in [3.8, 4) is 0 Å². The number of carbonyl (C=O) groups is 1. The molecule has 0 bridgehead atoms. The van der Waals surface area contributed by atoms with Crippen LogP contribution in [0.3, 0.4) is 0 Å². The summed E-state index contributed by atoms with van der Waals surface area (Å²) in [4.78, 5) is 17.9. The van der Waals surface area contributed by atoms with Crippen molar-refractivity contribution in [1.82, 2.24) is 20.9 Å². The Bertz CT molecular complexity index is 1130. The summed E-state index contributed by atoms with van der Waals surface area (Å²) in [6, 6.07) is -3.28. The number of nitrogens with two attached hydrogens (primary N) is 1. The highest BCUT2D eigenvalue weighted by Gasteiger charge is 2.58. The van der Waals surface area contributed by atoms with Crippen LogP contribution in [-0.4, -0.2) is 72.7 Å². The number of alkyl halides is 3. The van der Waals surface area contributed by atoms with Crippen LogP contribution in [0, 0.1) is 10.8 Å². The molecule has 46 heavy (non-hydrogen) atoms. The van der Waals surface area contributed by atoms with E-state index in [1.54, 1.807) is 13.0 Å². The van der Waals surface area contributed by atoms with Crippen molar-refractivity contribution in [2.45, 2.75) is 132 Å². The number of halogens is 3. The largest absolute Gasteiger partial charge is 0.479 e. The van der Waals surface area contributed by atoms with E-state index in [1.807, 2.05) is 46.6 Å². The number of hydrogen-bond acceptors (Lipinski definition) is 7. The molecule has 6 N–H and O–H groups in total. The Morgan fingerprint density at radius 1 is 1.22 bits per heavy atom. The SMILES string of the molecule is C=C(/C(C=NC)=C(\N)C(C)(C(NC1=CC=C(C)NC1C(=O)O)C(C)(F)F)C(C)(C)F)N(C)C(C)NCC1(CC)CCC1.CC.CC. The summed E-state index contributed by atoms with van der Waals surface area (Å²) in [6.07, 6.45) is 8.82. The first kappa shape index (κ1) is 43.0. The predicted molar refractivity (Wildman–Crippen MR) is 187 cm³/mol. The van der Waals surface area contributed by atoms with Gasteiger partial charge in [-0.05, 0) is 71.4 Å². The molecule has 0 amide bonds. The molecule has 4 atom stereocenters. The second-order valence-electron chi connectivity index (χ2n) is 12.6. The number of aliphatic carboxylic acids is 1. The lowest BCUT2D eigenvalue weighted by atomic mass is 9.65. The Morgan fingerprint density at radius 3 is 2.15 bits per heavy atom. The van der Waals surface area contributed by atoms with Crippen LogP contribution in [-0.2, 0) is 4.79 Å². The number of allylic oxidation sites excluding steroid dienone is 4. The fourth-order valence-electron chi connectivity index (χ4n) is 5.72. The lowest BCUT2D eigenvalue weighted by molar-refractivity contribution is -0.138. The van der Waals surface area contributed by atoms with Crippen LogP contribution in [0.1, 0.15) is 102 Å². The first-order chi connectivity index (χ1) is 21.3. The van der Waals surface area contributed by atoms with E-state index in [0.717, 1.165) is 13.0 Å². The van der Waals surface area contributed by atoms with Crippen LogP contribution >= 0.6 is 0 Å². The normalized spacial score (nSPS) is 20.7. The molecule has 1 saturated carbocycles. The molecule has 1 fully saturated rings. The zero-order chi connectivity index (χ0) is 36.3. The van der Waals surface area contributed by atoms with Gasteiger partial charge in [0.25, 0.3) is 5.92 Å². The number of nitrogens with one attached hydrogen (secondary N) is 3. The standard InChI is InChI=1S/C31H51F3N6O2.2C2H6/c1-11-31(15-12-16-31)18-37-21(4)40(10)20(3)22(17-36-9)25(35)29(7,28(5,6)32)27(30(8,33)34)39-23-14-13-19(2)38-24(23)26(41)42;2*1-2/h13-14,17,21,24,27,37-39H,3,11-12,15-16,18,35H2,1-2,4-10H3,(H,41,42);2*1-2H3/b25-22-,36-17?;;. The van der Waals surface area contributed by atoms with E-state index in [9.17, 15) is 9.90 Å². The molecule has 2 aliphatic rings. The molecular formula is C35H63F3N6O2. The summed E-state index contributed by atoms with van der Waals surface area (Å²) < 4.78 is 47.5. The van der Waals surface area contributed by atoms with Gasteiger partial charge in [-0.15, -0.1) is 0 Å². The topological polar surface area (TPSA) is 115 Å². The van der Waals surface area contributed by atoms with E-state index in [4.69, 9.17) is 5.73 Å². The number of carboxylic acid groups (broad SMARTS) is 1. The van der Waals surface area contributed by atoms with Gasteiger partial charge in [-0.3, -0.25) is 10.3 Å². The van der Waals surface area contributed by atoms with Gasteiger partial charge in [0.1, 0.15) is 11.7 Å². The average molecular weight is 657 g/mol. The van der Waals surface area contributed by atoms with Crippen molar-refractivity contribution in [1.29, 1.82) is 0 Å². The van der Waals surface area contributed by atoms with Crippen LogP contribution in [0.4, 0.5) is 13.2 Å². The minimum atomic E-state index is -3.55. The van der Waals surface area contributed by atoms with Crippen LogP contribution in [0.2, 0.25) is 0 Å². The van der Waals surface area contributed by atoms with Gasteiger partial charge in [-0.25, -0.2) is 18.0 Å².